The molecule has 13 nitrogen and oxygen atoms in total. The first-order chi connectivity index (χ1) is 22.1. The number of ether oxygens (including phenoxy) is 3. The van der Waals surface area contributed by atoms with Crippen LogP contribution in [-0.2, 0) is 30.2 Å². The summed E-state index contributed by atoms with van der Waals surface area (Å²) in [6, 6.07) is -0.234. The largest absolute Gasteiger partial charge is 0.379 e. The Morgan fingerprint density at radius 2 is 1.50 bits per heavy atom. The van der Waals surface area contributed by atoms with Crippen LogP contribution in [0.15, 0.2) is 6.07 Å². The third-order valence-electron chi connectivity index (χ3n) is 9.56. The van der Waals surface area contributed by atoms with Crippen molar-refractivity contribution >= 4 is 34.9 Å². The predicted octanol–water partition coefficient (Wildman–Crippen LogP) is 1.69. The molecule has 0 aliphatic carbocycles. The predicted molar refractivity (Wildman–Crippen MR) is 161 cm³/mol. The van der Waals surface area contributed by atoms with Crippen molar-refractivity contribution in [3.63, 3.8) is 0 Å². The molecule has 1 aromatic heterocycles. The lowest BCUT2D eigenvalue weighted by Crippen LogP contribution is -2.77. The molecule has 4 fully saturated rings. The molecule has 7 rings (SSSR count). The Bertz CT molecular complexity index is 1510. The van der Waals surface area contributed by atoms with Gasteiger partial charge in [0.05, 0.1) is 69.3 Å². The molecule has 6 heterocycles. The molecule has 0 bridgehead atoms. The summed E-state index contributed by atoms with van der Waals surface area (Å²) in [4.78, 5) is 51.8. The van der Waals surface area contributed by atoms with E-state index in [2.05, 4.69) is 10.2 Å². The molecule has 0 saturated carbocycles. The number of carbonyl (C=O) groups excluding carboxylic acids is 3. The van der Waals surface area contributed by atoms with Gasteiger partial charge in [0, 0.05) is 39.1 Å². The maximum absolute atomic E-state index is 16.3. The molecule has 4 amide bonds. The molecule has 0 N–H and O–H groups in total. The topological polar surface area (TPSA) is 121 Å². The summed E-state index contributed by atoms with van der Waals surface area (Å²) in [6.45, 7) is 9.12. The summed E-state index contributed by atoms with van der Waals surface area (Å²) in [6.07, 6.45) is -1.40. The van der Waals surface area contributed by atoms with E-state index in [1.807, 2.05) is 16.7 Å². The number of aryl methyl sites for hydroxylation is 1. The Labute approximate surface area is 268 Å². The summed E-state index contributed by atoms with van der Waals surface area (Å²) in [5.74, 6) is -3.49. The van der Waals surface area contributed by atoms with Crippen LogP contribution in [0.1, 0.15) is 24.4 Å². The Hall–Kier alpha value is -3.15. The van der Waals surface area contributed by atoms with Crippen LogP contribution in [0.2, 0.25) is 0 Å². The Balaban J connectivity index is 1.39. The molecule has 1 spiro atoms. The minimum Gasteiger partial charge on any atom is -0.379 e. The van der Waals surface area contributed by atoms with Crippen molar-refractivity contribution in [2.24, 2.45) is 5.41 Å². The van der Waals surface area contributed by atoms with Gasteiger partial charge in [-0.15, -0.1) is 10.2 Å². The van der Waals surface area contributed by atoms with Crippen molar-refractivity contribution in [3.05, 3.63) is 28.3 Å². The van der Waals surface area contributed by atoms with Crippen molar-refractivity contribution in [2.45, 2.75) is 45.4 Å². The number of imide groups is 2. The fourth-order valence-corrected chi connectivity index (χ4v) is 8.24. The maximum Gasteiger partial charge on any atom is 0.335 e. The molecule has 46 heavy (non-hydrogen) atoms. The number of morpholine rings is 3. The molecule has 5 aliphatic rings. The van der Waals surface area contributed by atoms with Crippen LogP contribution in [-0.4, -0.2) is 138 Å². The summed E-state index contributed by atoms with van der Waals surface area (Å²) in [5.41, 5.74) is -1.67. The fraction of sp³-hybridized carbons (Fsp3) is 0.633. The van der Waals surface area contributed by atoms with Gasteiger partial charge in [-0.05, 0) is 32.4 Å². The van der Waals surface area contributed by atoms with Crippen LogP contribution in [0.4, 0.5) is 19.3 Å². The summed E-state index contributed by atoms with van der Waals surface area (Å²) in [7, 11) is 0. The lowest BCUT2D eigenvalue weighted by Gasteiger charge is -2.58. The van der Waals surface area contributed by atoms with E-state index in [9.17, 15) is 14.4 Å². The molecule has 5 aliphatic heterocycles. The van der Waals surface area contributed by atoms with Crippen molar-refractivity contribution in [2.75, 3.05) is 77.4 Å². The molecule has 0 radical (unpaired) electrons. The molecule has 248 valence electrons. The first kappa shape index (κ1) is 31.4. The monoisotopic (exact) mass is 661 g/mol. The molecule has 3 unspecified atom stereocenters. The van der Waals surface area contributed by atoms with Crippen molar-refractivity contribution < 1.29 is 37.4 Å². The number of nitrogens with zero attached hydrogens (tertiary/aromatic N) is 7. The van der Waals surface area contributed by atoms with E-state index in [0.29, 0.717) is 57.6 Å². The van der Waals surface area contributed by atoms with Gasteiger partial charge in [-0.2, -0.15) is 0 Å². The number of fused-ring (bicyclic) bond motifs is 4. The van der Waals surface area contributed by atoms with Gasteiger partial charge in [0.2, 0.25) is 11.8 Å². The summed E-state index contributed by atoms with van der Waals surface area (Å²) in [5, 5.41) is 8.78. The van der Waals surface area contributed by atoms with Gasteiger partial charge in [-0.1, -0.05) is 11.3 Å². The molecule has 16 heteroatoms. The van der Waals surface area contributed by atoms with Gasteiger partial charge in [-0.3, -0.25) is 19.4 Å². The van der Waals surface area contributed by atoms with E-state index >= 15 is 8.78 Å². The van der Waals surface area contributed by atoms with Crippen molar-refractivity contribution in [1.29, 1.82) is 0 Å². The van der Waals surface area contributed by atoms with Crippen LogP contribution >= 0.6 is 11.3 Å². The third-order valence-corrected chi connectivity index (χ3v) is 10.4. The van der Waals surface area contributed by atoms with Crippen LogP contribution in [0, 0.1) is 24.0 Å². The first-order valence-corrected chi connectivity index (χ1v) is 16.4. The number of amides is 4. The van der Waals surface area contributed by atoms with Gasteiger partial charge in [0.15, 0.2) is 22.1 Å². The smallest absolute Gasteiger partial charge is 0.335 e. The quantitative estimate of drug-likeness (QED) is 0.436. The van der Waals surface area contributed by atoms with E-state index in [-0.39, 0.29) is 48.1 Å². The second kappa shape index (κ2) is 12.1. The minimum atomic E-state index is -1.86. The van der Waals surface area contributed by atoms with Crippen molar-refractivity contribution in [3.8, 4) is 10.6 Å². The van der Waals surface area contributed by atoms with Gasteiger partial charge in [0.1, 0.15) is 5.01 Å². The van der Waals surface area contributed by atoms with E-state index in [1.54, 1.807) is 18.7 Å². The van der Waals surface area contributed by atoms with Gasteiger partial charge in [0.25, 0.3) is 0 Å². The molecular weight excluding hydrogens is 624 g/mol. The van der Waals surface area contributed by atoms with E-state index in [0.717, 1.165) is 21.1 Å². The lowest BCUT2D eigenvalue weighted by molar-refractivity contribution is -0.171. The normalized spacial score (nSPS) is 27.4. The highest BCUT2D eigenvalue weighted by atomic mass is 32.1. The number of barbiturate groups is 1. The average molecular weight is 662 g/mol. The molecule has 4 saturated heterocycles. The number of hydrogen-bond donors (Lipinski definition) is 0. The van der Waals surface area contributed by atoms with Crippen LogP contribution < -0.4 is 4.90 Å². The standard InChI is InChI=1S/C30H37F2N7O6S/c1-17-14-37-24-20(12-21(22(31)23(24)32)26-34-33-19(3)46-26)13-30(25(37)18(2)45-17)27(40)38(15-35-4-8-43-9-5-35)29(42)39(28(30)41)16-36-6-10-44-11-7-36/h12,17-18,25H,4-11,13-16H2,1-3H3. The zero-order chi connectivity index (χ0) is 32.3. The summed E-state index contributed by atoms with van der Waals surface area (Å²) < 4.78 is 49.2. The number of rotatable bonds is 5. The molecule has 3 atom stereocenters. The highest BCUT2D eigenvalue weighted by Gasteiger charge is 2.67. The Kier molecular flexibility index (Phi) is 8.30. The number of aromatic nitrogens is 2. The number of halogens is 2. The minimum absolute atomic E-state index is 0.00271. The lowest BCUT2D eigenvalue weighted by atomic mass is 9.65. The van der Waals surface area contributed by atoms with E-state index in [1.165, 1.54) is 6.07 Å². The summed E-state index contributed by atoms with van der Waals surface area (Å²) >= 11 is 1.12. The van der Waals surface area contributed by atoms with Gasteiger partial charge >= 0.3 is 6.03 Å². The van der Waals surface area contributed by atoms with E-state index < -0.39 is 53.1 Å². The van der Waals surface area contributed by atoms with Crippen LogP contribution in [0.3, 0.4) is 0 Å². The third kappa shape index (κ3) is 5.09. The second-order valence-corrected chi connectivity index (χ2v) is 13.8. The van der Waals surface area contributed by atoms with E-state index in [4.69, 9.17) is 14.2 Å². The zero-order valence-electron chi connectivity index (χ0n) is 26.0. The highest BCUT2D eigenvalue weighted by Crippen LogP contribution is 2.51. The highest BCUT2D eigenvalue weighted by molar-refractivity contribution is 7.14. The van der Waals surface area contributed by atoms with Gasteiger partial charge in [-0.25, -0.2) is 23.4 Å². The second-order valence-electron chi connectivity index (χ2n) is 12.6. The van der Waals surface area contributed by atoms with Gasteiger partial charge < -0.3 is 19.1 Å². The molecular formula is C30H37F2N7O6S. The number of urea groups is 1. The van der Waals surface area contributed by atoms with Crippen LogP contribution in [0.25, 0.3) is 10.6 Å². The average Bonchev–Trinajstić information content (AvgIpc) is 3.48. The molecule has 2 aromatic rings. The number of carbonyl (C=O) groups is 3. The van der Waals surface area contributed by atoms with Crippen LogP contribution in [0.5, 0.6) is 0 Å². The number of benzene rings is 1. The number of anilines is 1. The fourth-order valence-electron chi connectivity index (χ4n) is 7.54. The number of hydrogen-bond acceptors (Lipinski definition) is 12. The first-order valence-electron chi connectivity index (χ1n) is 15.6. The SMILES string of the molecule is Cc1nnc(-c2cc3c(c(F)c2F)N2CC(C)OC(C)C2C2(C3)C(=O)N(CN3CCOCC3)C(=O)N(CN3CCOCC3)C2=O)s1. The molecule has 1 aromatic carbocycles. The van der Waals surface area contributed by atoms with Crippen molar-refractivity contribution in [1.82, 2.24) is 29.8 Å². The zero-order valence-corrected chi connectivity index (χ0v) is 26.9. The Morgan fingerprint density at radius 1 is 0.913 bits per heavy atom. The maximum atomic E-state index is 16.3. The Morgan fingerprint density at radius 3 is 2.04 bits per heavy atom.